The summed E-state index contributed by atoms with van der Waals surface area (Å²) in [6.45, 7) is 1.97. The molecule has 1 amide bonds. The summed E-state index contributed by atoms with van der Waals surface area (Å²) in [7, 11) is 0. The lowest BCUT2D eigenvalue weighted by molar-refractivity contribution is -0.188. The molecule has 2 aliphatic heterocycles. The Morgan fingerprint density at radius 1 is 1.12 bits per heavy atom. The summed E-state index contributed by atoms with van der Waals surface area (Å²) in [6, 6.07) is 0.133. The highest BCUT2D eigenvalue weighted by Gasteiger charge is 2.44. The molecule has 0 aromatic carbocycles. The van der Waals surface area contributed by atoms with E-state index in [2.05, 4.69) is 4.90 Å². The van der Waals surface area contributed by atoms with E-state index >= 15 is 0 Å². The third-order valence-electron chi connectivity index (χ3n) is 3.37. The van der Waals surface area contributed by atoms with Gasteiger partial charge in [0.1, 0.15) is 0 Å². The minimum Gasteiger partial charge on any atom is -0.332 e. The highest BCUT2D eigenvalue weighted by atomic mass is 19.4. The van der Waals surface area contributed by atoms with Crippen molar-refractivity contribution in [3.8, 4) is 0 Å². The highest BCUT2D eigenvalue weighted by Crippen LogP contribution is 2.24. The van der Waals surface area contributed by atoms with Crippen LogP contribution >= 0.6 is 0 Å². The maximum absolute atomic E-state index is 12.3. The van der Waals surface area contributed by atoms with Crippen LogP contribution in [-0.2, 0) is 4.79 Å². The lowest BCUT2D eigenvalue weighted by Crippen LogP contribution is -2.58. The molecular weight excluding hydrogens is 221 g/mol. The van der Waals surface area contributed by atoms with Gasteiger partial charge in [-0.25, -0.2) is 0 Å². The van der Waals surface area contributed by atoms with Gasteiger partial charge in [0.05, 0.1) is 0 Å². The first-order chi connectivity index (χ1) is 7.48. The first kappa shape index (κ1) is 11.7. The Labute approximate surface area is 92.2 Å². The number of carbonyl (C=O) groups excluding carboxylic acids is 1. The molecule has 92 valence electrons. The van der Waals surface area contributed by atoms with Gasteiger partial charge in [-0.2, -0.15) is 13.2 Å². The fourth-order valence-electron chi connectivity index (χ4n) is 2.52. The predicted octanol–water partition coefficient (Wildman–Crippen LogP) is 1.25. The molecule has 0 aromatic rings. The maximum atomic E-state index is 12.3. The number of hydrogen-bond acceptors (Lipinski definition) is 2. The number of fused-ring (bicyclic) bond motifs is 1. The third-order valence-corrected chi connectivity index (χ3v) is 3.37. The van der Waals surface area contributed by atoms with Crippen molar-refractivity contribution in [2.24, 2.45) is 0 Å². The van der Waals surface area contributed by atoms with Crippen LogP contribution in [0.4, 0.5) is 13.2 Å². The zero-order valence-corrected chi connectivity index (χ0v) is 8.96. The van der Waals surface area contributed by atoms with Crippen molar-refractivity contribution >= 4 is 5.91 Å². The van der Waals surface area contributed by atoms with E-state index in [9.17, 15) is 18.0 Å². The monoisotopic (exact) mass is 236 g/mol. The molecule has 2 fully saturated rings. The van der Waals surface area contributed by atoms with Crippen LogP contribution in [0.25, 0.3) is 0 Å². The van der Waals surface area contributed by atoms with E-state index in [1.54, 1.807) is 0 Å². The first-order valence-corrected chi connectivity index (χ1v) is 5.58. The van der Waals surface area contributed by atoms with Gasteiger partial charge in [0.2, 0.25) is 0 Å². The van der Waals surface area contributed by atoms with Crippen molar-refractivity contribution in [2.45, 2.75) is 31.5 Å². The summed E-state index contributed by atoms with van der Waals surface area (Å²) < 4.78 is 36.8. The fourth-order valence-corrected chi connectivity index (χ4v) is 2.52. The molecule has 2 saturated heterocycles. The number of rotatable bonds is 0. The van der Waals surface area contributed by atoms with Gasteiger partial charge in [-0.3, -0.25) is 9.69 Å². The van der Waals surface area contributed by atoms with Gasteiger partial charge in [-0.1, -0.05) is 6.42 Å². The van der Waals surface area contributed by atoms with E-state index < -0.39 is 12.1 Å². The number of amides is 1. The van der Waals surface area contributed by atoms with E-state index in [1.807, 2.05) is 0 Å². The molecule has 0 aliphatic carbocycles. The quantitative estimate of drug-likeness (QED) is 0.632. The molecule has 0 bridgehead atoms. The molecule has 2 rings (SSSR count). The summed E-state index contributed by atoms with van der Waals surface area (Å²) in [5.41, 5.74) is 0. The smallest absolute Gasteiger partial charge is 0.332 e. The summed E-state index contributed by atoms with van der Waals surface area (Å²) >= 11 is 0. The molecule has 1 unspecified atom stereocenters. The molecule has 16 heavy (non-hydrogen) atoms. The van der Waals surface area contributed by atoms with E-state index in [4.69, 9.17) is 0 Å². The number of piperazine rings is 1. The summed E-state index contributed by atoms with van der Waals surface area (Å²) in [6.07, 6.45) is -1.66. The van der Waals surface area contributed by atoms with Gasteiger partial charge >= 0.3 is 12.1 Å². The van der Waals surface area contributed by atoms with Crippen molar-refractivity contribution in [3.05, 3.63) is 0 Å². The van der Waals surface area contributed by atoms with Gasteiger partial charge < -0.3 is 4.90 Å². The van der Waals surface area contributed by atoms with Crippen LogP contribution < -0.4 is 0 Å². The minimum atomic E-state index is -4.73. The predicted molar refractivity (Wildman–Crippen MR) is 51.8 cm³/mol. The maximum Gasteiger partial charge on any atom is 0.471 e. The number of halogens is 3. The fraction of sp³-hybridized carbons (Fsp3) is 0.900. The molecule has 0 saturated carbocycles. The topological polar surface area (TPSA) is 23.6 Å². The van der Waals surface area contributed by atoms with Crippen LogP contribution in [0.15, 0.2) is 0 Å². The second-order valence-corrected chi connectivity index (χ2v) is 4.43. The minimum absolute atomic E-state index is 0.133. The Kier molecular flexibility index (Phi) is 3.10. The van der Waals surface area contributed by atoms with Crippen LogP contribution in [0, 0.1) is 0 Å². The number of alkyl halides is 3. The lowest BCUT2D eigenvalue weighted by atomic mass is 9.99. The van der Waals surface area contributed by atoms with E-state index in [1.165, 1.54) is 0 Å². The SMILES string of the molecule is O=C(N1CCN2CCCCC2C1)C(F)(F)F. The Morgan fingerprint density at radius 3 is 2.56 bits per heavy atom. The lowest BCUT2D eigenvalue weighted by Gasteiger charge is -2.44. The van der Waals surface area contributed by atoms with Crippen molar-refractivity contribution in [2.75, 3.05) is 26.2 Å². The standard InChI is InChI=1S/C10H15F3N2O/c11-10(12,13)9(16)15-6-5-14-4-2-1-3-8(14)7-15/h8H,1-7H2. The van der Waals surface area contributed by atoms with Gasteiger partial charge in [0.15, 0.2) is 0 Å². The van der Waals surface area contributed by atoms with Crippen molar-refractivity contribution < 1.29 is 18.0 Å². The second kappa shape index (κ2) is 4.24. The molecule has 2 heterocycles. The Balaban J connectivity index is 1.97. The van der Waals surface area contributed by atoms with E-state index in [0.29, 0.717) is 6.54 Å². The normalized spacial score (nSPS) is 27.7. The number of nitrogens with zero attached hydrogens (tertiary/aromatic N) is 2. The summed E-state index contributed by atoms with van der Waals surface area (Å²) in [5.74, 6) is -1.68. The molecule has 0 aromatic heterocycles. The molecule has 0 spiro atoms. The van der Waals surface area contributed by atoms with Gasteiger partial charge in [-0.05, 0) is 19.4 Å². The van der Waals surface area contributed by atoms with E-state index in [-0.39, 0.29) is 19.1 Å². The van der Waals surface area contributed by atoms with Crippen LogP contribution in [0.1, 0.15) is 19.3 Å². The van der Waals surface area contributed by atoms with Crippen molar-refractivity contribution in [1.82, 2.24) is 9.80 Å². The Bertz CT molecular complexity index is 280. The van der Waals surface area contributed by atoms with E-state index in [0.717, 1.165) is 30.7 Å². The molecule has 1 atom stereocenters. The molecule has 0 N–H and O–H groups in total. The van der Waals surface area contributed by atoms with Crippen molar-refractivity contribution in [1.29, 1.82) is 0 Å². The average Bonchev–Trinajstić information content (AvgIpc) is 2.26. The van der Waals surface area contributed by atoms with Crippen LogP contribution in [-0.4, -0.2) is 54.1 Å². The van der Waals surface area contributed by atoms with Gasteiger partial charge in [-0.15, -0.1) is 0 Å². The van der Waals surface area contributed by atoms with Gasteiger partial charge in [0, 0.05) is 25.7 Å². The highest BCUT2D eigenvalue weighted by molar-refractivity contribution is 5.82. The zero-order valence-electron chi connectivity index (χ0n) is 8.96. The van der Waals surface area contributed by atoms with Crippen molar-refractivity contribution in [3.63, 3.8) is 0 Å². The zero-order chi connectivity index (χ0) is 11.8. The average molecular weight is 236 g/mol. The first-order valence-electron chi connectivity index (χ1n) is 5.58. The van der Waals surface area contributed by atoms with Crippen LogP contribution in [0.5, 0.6) is 0 Å². The molecule has 3 nitrogen and oxygen atoms in total. The van der Waals surface area contributed by atoms with Gasteiger partial charge in [0.25, 0.3) is 0 Å². The Hall–Kier alpha value is -0.780. The molecule has 6 heteroatoms. The molecular formula is C10H15F3N2O. The van der Waals surface area contributed by atoms with Crippen LogP contribution in [0.3, 0.4) is 0 Å². The number of carbonyl (C=O) groups is 1. The number of piperidine rings is 1. The third kappa shape index (κ3) is 2.31. The Morgan fingerprint density at radius 2 is 1.88 bits per heavy atom. The molecule has 2 aliphatic rings. The summed E-state index contributed by atoms with van der Waals surface area (Å²) in [5, 5.41) is 0. The van der Waals surface area contributed by atoms with Crippen LogP contribution in [0.2, 0.25) is 0 Å². The second-order valence-electron chi connectivity index (χ2n) is 4.43. The summed E-state index contributed by atoms with van der Waals surface area (Å²) in [4.78, 5) is 14.2. The largest absolute Gasteiger partial charge is 0.471 e. The molecule has 0 radical (unpaired) electrons. The number of hydrogen-bond donors (Lipinski definition) is 0.